The summed E-state index contributed by atoms with van der Waals surface area (Å²) in [7, 11) is 0. The van der Waals surface area contributed by atoms with Gasteiger partial charge in [0.25, 0.3) is 0 Å². The average molecular weight is 363 g/mol. The molecule has 1 aromatic heterocycles. The van der Waals surface area contributed by atoms with Gasteiger partial charge in [-0.1, -0.05) is 6.07 Å². The van der Waals surface area contributed by atoms with Gasteiger partial charge in [0.15, 0.2) is 0 Å². The second kappa shape index (κ2) is 5.00. The monoisotopic (exact) mass is 363 g/mol. The van der Waals surface area contributed by atoms with Crippen molar-refractivity contribution in [2.75, 3.05) is 5.73 Å². The van der Waals surface area contributed by atoms with Crippen molar-refractivity contribution < 1.29 is 4.74 Å². The molecule has 0 saturated heterocycles. The molecule has 5 heteroatoms. The molecule has 4 nitrogen and oxygen atoms in total. The van der Waals surface area contributed by atoms with Crippen molar-refractivity contribution in [2.45, 2.75) is 0 Å². The van der Waals surface area contributed by atoms with Crippen LogP contribution in [0, 0.1) is 3.57 Å². The third-order valence-electron chi connectivity index (χ3n) is 2.63. The maximum absolute atomic E-state index is 5.82. The molecule has 3 aromatic rings. The molecule has 0 fully saturated rings. The number of halogens is 1. The Bertz CT molecular complexity index is 746. The molecule has 94 valence electrons. The molecule has 0 aliphatic heterocycles. The molecule has 0 bridgehead atoms. The van der Waals surface area contributed by atoms with Crippen LogP contribution in [0.2, 0.25) is 0 Å². The first-order chi connectivity index (χ1) is 9.22. The van der Waals surface area contributed by atoms with Gasteiger partial charge in [-0.3, -0.25) is 0 Å². The minimum atomic E-state index is 0.534. The summed E-state index contributed by atoms with van der Waals surface area (Å²) in [6, 6.07) is 13.3. The van der Waals surface area contributed by atoms with Crippen LogP contribution in [0.1, 0.15) is 0 Å². The molecule has 0 spiro atoms. The van der Waals surface area contributed by atoms with E-state index in [0.717, 1.165) is 20.2 Å². The number of hydrogen-bond donors (Lipinski definition) is 1. The summed E-state index contributed by atoms with van der Waals surface area (Å²) < 4.78 is 6.92. The number of aromatic nitrogens is 2. The third-order valence-corrected chi connectivity index (χ3v) is 3.31. The summed E-state index contributed by atoms with van der Waals surface area (Å²) in [6.45, 7) is 0. The molecular weight excluding hydrogens is 353 g/mol. The second-order valence-electron chi connectivity index (χ2n) is 4.01. The quantitative estimate of drug-likeness (QED) is 0.558. The van der Waals surface area contributed by atoms with Crippen molar-refractivity contribution in [2.24, 2.45) is 0 Å². The lowest BCUT2D eigenvalue weighted by Crippen LogP contribution is -1.93. The molecule has 0 aliphatic carbocycles. The van der Waals surface area contributed by atoms with Gasteiger partial charge in [-0.25, -0.2) is 9.97 Å². The average Bonchev–Trinajstić information content (AvgIpc) is 2.38. The molecule has 19 heavy (non-hydrogen) atoms. The van der Waals surface area contributed by atoms with Gasteiger partial charge in [-0.05, 0) is 59.0 Å². The van der Waals surface area contributed by atoms with Gasteiger partial charge in [-0.2, -0.15) is 0 Å². The van der Waals surface area contributed by atoms with E-state index in [2.05, 4.69) is 32.6 Å². The number of nitrogen functional groups attached to an aromatic ring is 1. The topological polar surface area (TPSA) is 61.0 Å². The molecule has 1 heterocycles. The normalized spacial score (nSPS) is 10.6. The Morgan fingerprint density at radius 1 is 1.05 bits per heavy atom. The number of nitrogens with zero attached hydrogens (tertiary/aromatic N) is 2. The van der Waals surface area contributed by atoms with Gasteiger partial charge in [0.2, 0.25) is 5.88 Å². The molecule has 2 N–H and O–H groups in total. The standard InChI is InChI=1S/C14H10IN3O/c15-9-2-1-3-11(6-9)19-14-12-5-4-10(16)7-13(12)17-8-18-14/h1-8H,16H2. The van der Waals surface area contributed by atoms with Crippen molar-refractivity contribution >= 4 is 39.2 Å². The maximum atomic E-state index is 5.82. The van der Waals surface area contributed by atoms with E-state index >= 15 is 0 Å². The lowest BCUT2D eigenvalue weighted by Gasteiger charge is -2.07. The van der Waals surface area contributed by atoms with Gasteiger partial charge in [0.05, 0.1) is 10.9 Å². The van der Waals surface area contributed by atoms with E-state index in [9.17, 15) is 0 Å². The number of fused-ring (bicyclic) bond motifs is 1. The van der Waals surface area contributed by atoms with E-state index in [4.69, 9.17) is 10.5 Å². The molecule has 0 aliphatic rings. The Kier molecular flexibility index (Phi) is 3.20. The Labute approximate surface area is 123 Å². The first-order valence-electron chi connectivity index (χ1n) is 5.66. The first-order valence-corrected chi connectivity index (χ1v) is 6.74. The summed E-state index contributed by atoms with van der Waals surface area (Å²) in [5.41, 5.74) is 7.19. The van der Waals surface area contributed by atoms with Gasteiger partial charge in [0, 0.05) is 9.26 Å². The van der Waals surface area contributed by atoms with Crippen molar-refractivity contribution in [1.82, 2.24) is 9.97 Å². The number of hydrogen-bond acceptors (Lipinski definition) is 4. The third kappa shape index (κ3) is 2.60. The smallest absolute Gasteiger partial charge is 0.230 e. The zero-order valence-electron chi connectivity index (χ0n) is 9.88. The van der Waals surface area contributed by atoms with Crippen LogP contribution in [0.3, 0.4) is 0 Å². The van der Waals surface area contributed by atoms with E-state index in [1.807, 2.05) is 36.4 Å². The molecular formula is C14H10IN3O. The Morgan fingerprint density at radius 2 is 1.95 bits per heavy atom. The van der Waals surface area contributed by atoms with Crippen molar-refractivity contribution in [3.8, 4) is 11.6 Å². The van der Waals surface area contributed by atoms with E-state index in [1.165, 1.54) is 6.33 Å². The lowest BCUT2D eigenvalue weighted by molar-refractivity contribution is 0.468. The Balaban J connectivity index is 2.06. The fourth-order valence-corrected chi connectivity index (χ4v) is 2.29. The van der Waals surface area contributed by atoms with Gasteiger partial charge < -0.3 is 10.5 Å². The van der Waals surface area contributed by atoms with Crippen LogP contribution in [0.25, 0.3) is 10.9 Å². The number of ether oxygens (including phenoxy) is 1. The van der Waals surface area contributed by atoms with E-state index in [-0.39, 0.29) is 0 Å². The predicted octanol–water partition coefficient (Wildman–Crippen LogP) is 3.61. The van der Waals surface area contributed by atoms with Crippen LogP contribution in [0.5, 0.6) is 11.6 Å². The highest BCUT2D eigenvalue weighted by atomic mass is 127. The summed E-state index contributed by atoms with van der Waals surface area (Å²) in [6.07, 6.45) is 1.48. The van der Waals surface area contributed by atoms with Gasteiger partial charge >= 0.3 is 0 Å². The van der Waals surface area contributed by atoms with Crippen molar-refractivity contribution in [1.29, 1.82) is 0 Å². The molecule has 3 rings (SSSR count). The van der Waals surface area contributed by atoms with Crippen LogP contribution < -0.4 is 10.5 Å². The van der Waals surface area contributed by atoms with Crippen molar-refractivity contribution in [3.63, 3.8) is 0 Å². The Hall–Kier alpha value is -1.89. The zero-order chi connectivity index (χ0) is 13.2. The predicted molar refractivity (Wildman–Crippen MR) is 83.2 cm³/mol. The summed E-state index contributed by atoms with van der Waals surface area (Å²) in [5, 5.41) is 0.843. The molecule has 0 amide bonds. The summed E-state index contributed by atoms with van der Waals surface area (Å²) >= 11 is 2.24. The van der Waals surface area contributed by atoms with Gasteiger partial charge in [-0.15, -0.1) is 0 Å². The molecule has 0 unspecified atom stereocenters. The van der Waals surface area contributed by atoms with E-state index in [1.54, 1.807) is 6.07 Å². The lowest BCUT2D eigenvalue weighted by atomic mass is 10.2. The SMILES string of the molecule is Nc1ccc2c(Oc3cccc(I)c3)ncnc2c1. The van der Waals surface area contributed by atoms with Gasteiger partial charge in [0.1, 0.15) is 12.1 Å². The molecule has 2 aromatic carbocycles. The largest absolute Gasteiger partial charge is 0.438 e. The molecule has 0 radical (unpaired) electrons. The number of rotatable bonds is 2. The fraction of sp³-hybridized carbons (Fsp3) is 0. The van der Waals surface area contributed by atoms with E-state index in [0.29, 0.717) is 11.6 Å². The summed E-state index contributed by atoms with van der Waals surface area (Å²) in [5.74, 6) is 1.29. The van der Waals surface area contributed by atoms with Crippen LogP contribution in [0.4, 0.5) is 5.69 Å². The molecule has 0 atom stereocenters. The minimum Gasteiger partial charge on any atom is -0.438 e. The highest BCUT2D eigenvalue weighted by Gasteiger charge is 2.06. The first kappa shape index (κ1) is 12.2. The van der Waals surface area contributed by atoms with Crippen LogP contribution in [0.15, 0.2) is 48.8 Å². The highest BCUT2D eigenvalue weighted by molar-refractivity contribution is 14.1. The fourth-order valence-electron chi connectivity index (χ4n) is 1.77. The van der Waals surface area contributed by atoms with E-state index < -0.39 is 0 Å². The van der Waals surface area contributed by atoms with Crippen molar-refractivity contribution in [3.05, 3.63) is 52.4 Å². The van der Waals surface area contributed by atoms with Crippen LogP contribution in [-0.4, -0.2) is 9.97 Å². The second-order valence-corrected chi connectivity index (χ2v) is 5.26. The van der Waals surface area contributed by atoms with Crippen LogP contribution in [-0.2, 0) is 0 Å². The highest BCUT2D eigenvalue weighted by Crippen LogP contribution is 2.28. The van der Waals surface area contributed by atoms with Crippen LogP contribution >= 0.6 is 22.6 Å². The summed E-state index contributed by atoms with van der Waals surface area (Å²) in [4.78, 5) is 8.37. The maximum Gasteiger partial charge on any atom is 0.230 e. The molecule has 0 saturated carbocycles. The zero-order valence-corrected chi connectivity index (χ0v) is 12.0. The minimum absolute atomic E-state index is 0.534. The number of anilines is 1. The number of benzene rings is 2. The Morgan fingerprint density at radius 3 is 2.79 bits per heavy atom. The number of nitrogens with two attached hydrogens (primary N) is 1.